The van der Waals surface area contributed by atoms with Gasteiger partial charge in [0.25, 0.3) is 0 Å². The number of hydrogen-bond donors (Lipinski definition) is 0. The van der Waals surface area contributed by atoms with E-state index in [0.29, 0.717) is 0 Å². The number of rotatable bonds is 5. The molecule has 0 amide bonds. The standard InChI is InChI=1S/C12H17.Mg/c1-2-3-4-6-9-12-10-7-5-8-11-12;/h7-8,10-11H,2-4,6,9H2,1H3;/q;+1. The molecule has 0 saturated heterocycles. The van der Waals surface area contributed by atoms with Crippen molar-refractivity contribution in [1.82, 2.24) is 0 Å². The molecular weight excluding hydrogens is 168 g/mol. The van der Waals surface area contributed by atoms with Gasteiger partial charge in [-0.25, -0.2) is 0 Å². The first-order valence-corrected chi connectivity index (χ1v) is 5.94. The second kappa shape index (κ2) is 6.44. The Balaban J connectivity index is 2.25. The quantitative estimate of drug-likeness (QED) is 0.489. The predicted molar refractivity (Wildman–Crippen MR) is 59.7 cm³/mol. The Labute approximate surface area is 94.2 Å². The summed E-state index contributed by atoms with van der Waals surface area (Å²) < 4.78 is 1.39. The molecule has 1 rings (SSSR count). The van der Waals surface area contributed by atoms with E-state index in [1.165, 1.54) is 41.4 Å². The molecule has 0 aliphatic rings. The fraction of sp³-hybridized carbons (Fsp3) is 0.500. The molecule has 0 bridgehead atoms. The van der Waals surface area contributed by atoms with Crippen LogP contribution in [0.5, 0.6) is 0 Å². The van der Waals surface area contributed by atoms with Gasteiger partial charge in [-0.05, 0) is 0 Å². The molecule has 1 heteroatoms. The van der Waals surface area contributed by atoms with E-state index in [2.05, 4.69) is 31.2 Å². The van der Waals surface area contributed by atoms with Crippen molar-refractivity contribution in [1.29, 1.82) is 0 Å². The van der Waals surface area contributed by atoms with E-state index in [4.69, 9.17) is 0 Å². The van der Waals surface area contributed by atoms with Crippen molar-refractivity contribution in [3.05, 3.63) is 29.8 Å². The molecule has 0 radical (unpaired) electrons. The fourth-order valence-corrected chi connectivity index (χ4v) is 1.70. The van der Waals surface area contributed by atoms with Gasteiger partial charge in [0.1, 0.15) is 0 Å². The van der Waals surface area contributed by atoms with E-state index in [1.807, 2.05) is 21.7 Å². The van der Waals surface area contributed by atoms with E-state index in [1.54, 1.807) is 0 Å². The summed E-state index contributed by atoms with van der Waals surface area (Å²) in [5.41, 5.74) is 1.49. The van der Waals surface area contributed by atoms with Crippen LogP contribution in [0.15, 0.2) is 24.3 Å². The van der Waals surface area contributed by atoms with Crippen LogP contribution in [0.3, 0.4) is 0 Å². The Morgan fingerprint density at radius 1 is 1.00 bits per heavy atom. The topological polar surface area (TPSA) is 0 Å². The van der Waals surface area contributed by atoms with Crippen LogP contribution in [0, 0.1) is 0 Å². The first kappa shape index (κ1) is 11.1. The monoisotopic (exact) mass is 185 g/mol. The summed E-state index contributed by atoms with van der Waals surface area (Å²) in [5, 5.41) is 0. The van der Waals surface area contributed by atoms with Crippen molar-refractivity contribution in [3.63, 3.8) is 0 Å². The molecule has 13 heavy (non-hydrogen) atoms. The molecule has 0 aliphatic carbocycles. The zero-order valence-corrected chi connectivity index (χ0v) is 9.97. The van der Waals surface area contributed by atoms with Crippen LogP contribution >= 0.6 is 0 Å². The summed E-state index contributed by atoms with van der Waals surface area (Å²) in [5.74, 6) is 0. The average molecular weight is 186 g/mol. The van der Waals surface area contributed by atoms with Gasteiger partial charge in [-0.3, -0.25) is 0 Å². The minimum atomic E-state index is 1.25. The zero-order chi connectivity index (χ0) is 9.52. The molecule has 0 saturated carbocycles. The molecule has 66 valence electrons. The first-order chi connectivity index (χ1) is 6.33. The molecule has 0 heterocycles. The van der Waals surface area contributed by atoms with Crippen LogP contribution in [0.1, 0.15) is 38.2 Å². The SMILES string of the molecule is CCCCCCc1cc[c]([Mg+])cc1. The third-order valence-corrected chi connectivity index (χ3v) is 2.81. The van der Waals surface area contributed by atoms with Gasteiger partial charge in [-0.1, -0.05) is 0 Å². The predicted octanol–water partition coefficient (Wildman–Crippen LogP) is 2.60. The normalized spacial score (nSPS) is 10.4. The third kappa shape index (κ3) is 4.68. The van der Waals surface area contributed by atoms with Crippen molar-refractivity contribution < 1.29 is 0 Å². The molecule has 0 fully saturated rings. The number of aryl methyl sites for hydroxylation is 1. The number of benzene rings is 1. The maximum atomic E-state index is 2.26. The van der Waals surface area contributed by atoms with Crippen molar-refractivity contribution in [2.45, 2.75) is 39.0 Å². The van der Waals surface area contributed by atoms with Gasteiger partial charge < -0.3 is 0 Å². The van der Waals surface area contributed by atoms with E-state index in [-0.39, 0.29) is 0 Å². The molecular formula is C12H17Mg+. The Kier molecular flexibility index (Phi) is 5.48. The second-order valence-corrected chi connectivity index (χ2v) is 4.44. The zero-order valence-electron chi connectivity index (χ0n) is 8.55. The van der Waals surface area contributed by atoms with Crippen LogP contribution in [0.4, 0.5) is 0 Å². The molecule has 0 spiro atoms. The number of hydrogen-bond acceptors (Lipinski definition) is 0. The first-order valence-electron chi connectivity index (χ1n) is 5.24. The second-order valence-electron chi connectivity index (χ2n) is 3.63. The van der Waals surface area contributed by atoms with Gasteiger partial charge in [-0.15, -0.1) is 0 Å². The summed E-state index contributed by atoms with van der Waals surface area (Å²) in [4.78, 5) is 0. The van der Waals surface area contributed by atoms with Crippen LogP contribution in [0.25, 0.3) is 0 Å². The van der Waals surface area contributed by atoms with Crippen molar-refractivity contribution in [2.75, 3.05) is 0 Å². The van der Waals surface area contributed by atoms with Gasteiger partial charge in [0, 0.05) is 0 Å². The Bertz CT molecular complexity index is 225. The Morgan fingerprint density at radius 2 is 1.69 bits per heavy atom. The molecule has 1 aromatic carbocycles. The Morgan fingerprint density at radius 3 is 2.31 bits per heavy atom. The maximum absolute atomic E-state index is 2.26. The minimum absolute atomic E-state index is 1.25. The summed E-state index contributed by atoms with van der Waals surface area (Å²) in [6.45, 7) is 2.26. The molecule has 0 aliphatic heterocycles. The fourth-order valence-electron chi connectivity index (χ4n) is 1.46. The van der Waals surface area contributed by atoms with E-state index < -0.39 is 0 Å². The summed E-state index contributed by atoms with van der Waals surface area (Å²) in [7, 11) is 0. The average Bonchev–Trinajstić information content (AvgIpc) is 2.15. The van der Waals surface area contributed by atoms with Crippen LogP contribution in [-0.2, 0) is 6.42 Å². The third-order valence-electron chi connectivity index (χ3n) is 2.34. The summed E-state index contributed by atoms with van der Waals surface area (Å²) in [6.07, 6.45) is 6.69. The van der Waals surface area contributed by atoms with Gasteiger partial charge in [0.2, 0.25) is 0 Å². The molecule has 0 unspecified atom stereocenters. The molecule has 0 aromatic heterocycles. The molecule has 0 N–H and O–H groups in total. The van der Waals surface area contributed by atoms with Gasteiger partial charge >= 0.3 is 94.3 Å². The summed E-state index contributed by atoms with van der Waals surface area (Å²) in [6, 6.07) is 8.95. The Hall–Kier alpha value is -0.0138. The van der Waals surface area contributed by atoms with E-state index >= 15 is 0 Å². The van der Waals surface area contributed by atoms with Crippen molar-refractivity contribution in [2.24, 2.45) is 0 Å². The van der Waals surface area contributed by atoms with Crippen molar-refractivity contribution in [3.8, 4) is 0 Å². The van der Waals surface area contributed by atoms with Crippen LogP contribution < -0.4 is 3.69 Å². The number of unbranched alkanes of at least 4 members (excludes halogenated alkanes) is 3. The molecule has 1 aromatic rings. The summed E-state index contributed by atoms with van der Waals surface area (Å²) >= 11 is 1.95. The van der Waals surface area contributed by atoms with Gasteiger partial charge in [0.15, 0.2) is 0 Å². The molecule has 0 atom stereocenters. The van der Waals surface area contributed by atoms with Crippen molar-refractivity contribution >= 4 is 25.4 Å². The van der Waals surface area contributed by atoms with Gasteiger partial charge in [0.05, 0.1) is 0 Å². The van der Waals surface area contributed by atoms with E-state index in [9.17, 15) is 0 Å². The van der Waals surface area contributed by atoms with Crippen LogP contribution in [-0.4, -0.2) is 21.7 Å². The van der Waals surface area contributed by atoms with Gasteiger partial charge in [-0.2, -0.15) is 0 Å². The van der Waals surface area contributed by atoms with E-state index in [0.717, 1.165) is 0 Å². The molecule has 0 nitrogen and oxygen atoms in total. The van der Waals surface area contributed by atoms with Crippen LogP contribution in [0.2, 0.25) is 0 Å².